The molecule has 0 aliphatic rings. The Balaban J connectivity index is 1.96. The van der Waals surface area contributed by atoms with Gasteiger partial charge in [-0.2, -0.15) is 0 Å². The van der Waals surface area contributed by atoms with Gasteiger partial charge in [-0.15, -0.1) is 0 Å². The molecule has 0 spiro atoms. The molecule has 2 rings (SSSR count). The molecule has 10 nitrogen and oxygen atoms in total. The van der Waals surface area contributed by atoms with Gasteiger partial charge in [-0.3, -0.25) is 5.32 Å². The number of ether oxygens (including phenoxy) is 1. The normalized spacial score (nSPS) is 10.3. The Morgan fingerprint density at radius 3 is 2.81 bits per heavy atom. The van der Waals surface area contributed by atoms with Crippen LogP contribution in [0.1, 0.15) is 0 Å². The number of nitrogens with one attached hydrogen (secondary N) is 1. The number of hydrogen-bond donors (Lipinski definition) is 1. The molecule has 2 aromatic rings. The largest absolute Gasteiger partial charge is 0.739 e. The zero-order valence-electron chi connectivity index (χ0n) is 11.0. The van der Waals surface area contributed by atoms with E-state index in [2.05, 4.69) is 20.4 Å². The van der Waals surface area contributed by atoms with Crippen molar-refractivity contribution in [2.45, 2.75) is 0 Å². The molecule has 1 heterocycles. The summed E-state index contributed by atoms with van der Waals surface area (Å²) in [5, 5.41) is 33.4. The molecular weight excluding hydrogens is 278 g/mol. The lowest BCUT2D eigenvalue weighted by molar-refractivity contribution is -0.672. The van der Waals surface area contributed by atoms with Crippen LogP contribution in [-0.2, 0) is 4.74 Å². The van der Waals surface area contributed by atoms with Crippen molar-refractivity contribution in [2.24, 2.45) is 5.11 Å². The summed E-state index contributed by atoms with van der Waals surface area (Å²) in [6, 6.07) is 6.38. The zero-order chi connectivity index (χ0) is 15.1. The second-order valence-corrected chi connectivity index (χ2v) is 3.97. The minimum atomic E-state index is -0.0951. The molecule has 0 atom stereocenters. The molecule has 0 aliphatic carbocycles. The Hall–Kier alpha value is -2.84. The third-order valence-electron chi connectivity index (χ3n) is 2.61. The Labute approximate surface area is 119 Å². The number of benzene rings is 1. The maximum absolute atomic E-state index is 12.0. The first kappa shape index (κ1) is 14.6. The van der Waals surface area contributed by atoms with Crippen molar-refractivity contribution in [1.29, 1.82) is 0 Å². The number of aromatic nitrogens is 3. The highest BCUT2D eigenvalue weighted by atomic mass is 16.5. The molecule has 21 heavy (non-hydrogen) atoms. The van der Waals surface area contributed by atoms with E-state index in [0.717, 1.165) is 0 Å². The Kier molecular flexibility index (Phi) is 4.91. The Bertz CT molecular complexity index is 672. The second-order valence-electron chi connectivity index (χ2n) is 3.97. The molecule has 1 aromatic carbocycles. The second kappa shape index (κ2) is 7.08. The van der Waals surface area contributed by atoms with Gasteiger partial charge in [0.2, 0.25) is 5.10 Å². The van der Waals surface area contributed by atoms with Crippen LogP contribution in [0.5, 0.6) is 0 Å². The van der Waals surface area contributed by atoms with Crippen LogP contribution in [0.15, 0.2) is 29.4 Å². The van der Waals surface area contributed by atoms with Crippen LogP contribution in [0.3, 0.4) is 0 Å². The summed E-state index contributed by atoms with van der Waals surface area (Å²) in [6.07, 6.45) is 0. The molecule has 0 saturated carbocycles. The first-order chi connectivity index (χ1) is 10.2. The topological polar surface area (TPSA) is 137 Å². The van der Waals surface area contributed by atoms with Crippen LogP contribution in [0.25, 0.3) is 21.5 Å². The standard InChI is InChI=1S/C11H13N7O3/c12-16-14-6-8-21-7-5-13-11-15-18(20)10-4-2-1-3-9(10)17(11)19/h1-4H,5-8H2,(H,13,15). The van der Waals surface area contributed by atoms with E-state index in [9.17, 15) is 10.4 Å². The SMILES string of the molecule is [N-]=[N+]=NCCOCCNc1n[n+]([O-])c2ccccc2[n+]1[O-]. The number of para-hydroxylation sites is 2. The van der Waals surface area contributed by atoms with Gasteiger partial charge in [-0.25, -0.2) is 4.73 Å². The van der Waals surface area contributed by atoms with E-state index in [0.29, 0.717) is 16.1 Å². The predicted octanol–water partition coefficient (Wildman–Crippen LogP) is 0.240. The quantitative estimate of drug-likeness (QED) is 0.194. The molecule has 0 bridgehead atoms. The third kappa shape index (κ3) is 3.59. The van der Waals surface area contributed by atoms with Crippen LogP contribution < -0.4 is 14.9 Å². The van der Waals surface area contributed by atoms with Crippen LogP contribution >= 0.6 is 0 Å². The van der Waals surface area contributed by atoms with Gasteiger partial charge in [0.15, 0.2) is 5.52 Å². The minimum absolute atomic E-state index is 0.0951. The van der Waals surface area contributed by atoms with Crippen molar-refractivity contribution in [2.75, 3.05) is 31.6 Å². The highest BCUT2D eigenvalue weighted by Gasteiger charge is 2.18. The van der Waals surface area contributed by atoms with Gasteiger partial charge >= 0.3 is 5.95 Å². The van der Waals surface area contributed by atoms with Gasteiger partial charge in [-0.05, 0) is 11.6 Å². The summed E-state index contributed by atoms with van der Waals surface area (Å²) < 4.78 is 5.72. The van der Waals surface area contributed by atoms with E-state index in [-0.39, 0.29) is 36.7 Å². The maximum Gasteiger partial charge on any atom is 0.461 e. The average Bonchev–Trinajstić information content (AvgIpc) is 2.51. The highest BCUT2D eigenvalue weighted by Crippen LogP contribution is 2.05. The molecule has 1 N–H and O–H groups in total. The first-order valence-electron chi connectivity index (χ1n) is 6.18. The van der Waals surface area contributed by atoms with Gasteiger partial charge in [0.05, 0.1) is 19.8 Å². The number of hydrogen-bond acceptors (Lipinski definition) is 6. The minimum Gasteiger partial charge on any atom is -0.739 e. The lowest BCUT2D eigenvalue weighted by Crippen LogP contribution is -2.44. The summed E-state index contributed by atoms with van der Waals surface area (Å²) in [7, 11) is 0. The first-order valence-corrected chi connectivity index (χ1v) is 6.18. The van der Waals surface area contributed by atoms with Gasteiger partial charge in [0, 0.05) is 22.4 Å². The van der Waals surface area contributed by atoms with E-state index in [1.54, 1.807) is 18.2 Å². The predicted molar refractivity (Wildman–Crippen MR) is 73.0 cm³/mol. The average molecular weight is 291 g/mol. The zero-order valence-corrected chi connectivity index (χ0v) is 11.0. The summed E-state index contributed by atoms with van der Waals surface area (Å²) >= 11 is 0. The fourth-order valence-electron chi connectivity index (χ4n) is 1.69. The number of anilines is 1. The monoisotopic (exact) mass is 291 g/mol. The molecule has 110 valence electrons. The number of nitrogens with zero attached hydrogens (tertiary/aromatic N) is 6. The highest BCUT2D eigenvalue weighted by molar-refractivity contribution is 5.67. The van der Waals surface area contributed by atoms with E-state index in [4.69, 9.17) is 10.3 Å². The van der Waals surface area contributed by atoms with Crippen molar-refractivity contribution >= 4 is 17.0 Å². The van der Waals surface area contributed by atoms with Crippen LogP contribution in [0, 0.1) is 10.4 Å². The molecule has 0 fully saturated rings. The van der Waals surface area contributed by atoms with E-state index in [1.807, 2.05) is 0 Å². The van der Waals surface area contributed by atoms with Crippen molar-refractivity contribution in [3.63, 3.8) is 0 Å². The Morgan fingerprint density at radius 1 is 1.29 bits per heavy atom. The molecule has 0 radical (unpaired) electrons. The van der Waals surface area contributed by atoms with Gasteiger partial charge < -0.3 is 15.2 Å². The van der Waals surface area contributed by atoms with Crippen molar-refractivity contribution in [1.82, 2.24) is 5.10 Å². The lowest BCUT2D eigenvalue weighted by Gasteiger charge is -2.09. The van der Waals surface area contributed by atoms with Crippen LogP contribution in [0.2, 0.25) is 0 Å². The smallest absolute Gasteiger partial charge is 0.461 e. The van der Waals surface area contributed by atoms with Crippen molar-refractivity contribution < 1.29 is 14.3 Å². The fourth-order valence-corrected chi connectivity index (χ4v) is 1.69. The summed E-state index contributed by atoms with van der Waals surface area (Å²) in [4.78, 5) is 2.99. The Morgan fingerprint density at radius 2 is 2.05 bits per heavy atom. The van der Waals surface area contributed by atoms with Gasteiger partial charge in [-0.1, -0.05) is 17.2 Å². The number of fused-ring (bicyclic) bond motifs is 1. The fraction of sp³-hybridized carbons (Fsp3) is 0.364. The van der Waals surface area contributed by atoms with Crippen molar-refractivity contribution in [3.8, 4) is 0 Å². The van der Waals surface area contributed by atoms with Gasteiger partial charge in [0.1, 0.15) is 0 Å². The molecule has 0 aliphatic heterocycles. The van der Waals surface area contributed by atoms with E-state index >= 15 is 0 Å². The molecule has 0 amide bonds. The van der Waals surface area contributed by atoms with Crippen LogP contribution in [0.4, 0.5) is 5.95 Å². The lowest BCUT2D eigenvalue weighted by atomic mass is 10.3. The molecular formula is C11H13N7O3. The maximum atomic E-state index is 12.0. The van der Waals surface area contributed by atoms with E-state index in [1.165, 1.54) is 6.07 Å². The summed E-state index contributed by atoms with van der Waals surface area (Å²) in [5.74, 6) is -0.0951. The molecule has 10 heteroatoms. The molecule has 0 unspecified atom stereocenters. The van der Waals surface area contributed by atoms with Crippen molar-refractivity contribution in [3.05, 3.63) is 45.1 Å². The number of rotatable bonds is 7. The summed E-state index contributed by atoms with van der Waals surface area (Å²) in [5.41, 5.74) is 8.50. The molecule has 1 aromatic heterocycles. The van der Waals surface area contributed by atoms with Crippen LogP contribution in [-0.4, -0.2) is 31.4 Å². The summed E-state index contributed by atoms with van der Waals surface area (Å²) in [6.45, 7) is 1.11. The third-order valence-corrected chi connectivity index (χ3v) is 2.61. The van der Waals surface area contributed by atoms with Gasteiger partial charge in [0.25, 0.3) is 5.52 Å². The number of azide groups is 1. The van der Waals surface area contributed by atoms with E-state index < -0.39 is 0 Å². The molecule has 0 saturated heterocycles.